The van der Waals surface area contributed by atoms with Crippen LogP contribution in [0, 0.1) is 0 Å². The molecule has 7 heteroatoms. The molecular weight excluding hydrogens is 332 g/mol. The summed E-state index contributed by atoms with van der Waals surface area (Å²) in [7, 11) is 1.56. The van der Waals surface area contributed by atoms with Crippen LogP contribution in [-0.2, 0) is 0 Å². The number of thiazole rings is 1. The lowest BCUT2D eigenvalue weighted by Gasteiger charge is -2.24. The van der Waals surface area contributed by atoms with Gasteiger partial charge in [-0.05, 0) is 25.0 Å². The molecule has 1 unspecified atom stereocenters. The van der Waals surface area contributed by atoms with Crippen LogP contribution in [0.2, 0.25) is 5.02 Å². The van der Waals surface area contributed by atoms with Gasteiger partial charge in [-0.3, -0.25) is 0 Å². The predicted molar refractivity (Wildman–Crippen MR) is 92.5 cm³/mol. The van der Waals surface area contributed by atoms with Crippen molar-refractivity contribution in [3.8, 4) is 6.01 Å². The molecule has 5 nitrogen and oxygen atoms in total. The molecule has 1 fully saturated rings. The van der Waals surface area contributed by atoms with Crippen LogP contribution < -0.4 is 9.64 Å². The van der Waals surface area contributed by atoms with Crippen LogP contribution in [0.3, 0.4) is 0 Å². The van der Waals surface area contributed by atoms with Gasteiger partial charge >= 0.3 is 6.01 Å². The van der Waals surface area contributed by atoms with Gasteiger partial charge in [-0.1, -0.05) is 23.7 Å². The number of methoxy groups -OCH3 is 1. The van der Waals surface area contributed by atoms with Crippen LogP contribution in [0.25, 0.3) is 10.2 Å². The Morgan fingerprint density at radius 1 is 1.30 bits per heavy atom. The van der Waals surface area contributed by atoms with E-state index in [4.69, 9.17) is 21.3 Å². The van der Waals surface area contributed by atoms with Crippen molar-refractivity contribution in [3.05, 3.63) is 40.5 Å². The second-order valence-electron chi connectivity index (χ2n) is 5.40. The number of rotatable bonds is 3. The van der Waals surface area contributed by atoms with E-state index in [1.807, 2.05) is 12.1 Å². The lowest BCUT2D eigenvalue weighted by Crippen LogP contribution is -2.24. The van der Waals surface area contributed by atoms with E-state index in [1.54, 1.807) is 24.6 Å². The predicted octanol–water partition coefficient (Wildman–Crippen LogP) is 4.09. The molecule has 0 aliphatic carbocycles. The third-order valence-electron chi connectivity index (χ3n) is 4.01. The van der Waals surface area contributed by atoms with Gasteiger partial charge < -0.3 is 9.64 Å². The van der Waals surface area contributed by atoms with E-state index in [0.29, 0.717) is 11.0 Å². The first-order valence-corrected chi connectivity index (χ1v) is 8.64. The van der Waals surface area contributed by atoms with Crippen LogP contribution in [0.4, 0.5) is 5.82 Å². The Kier molecular flexibility index (Phi) is 3.79. The zero-order valence-electron chi connectivity index (χ0n) is 12.6. The Morgan fingerprint density at radius 3 is 3.00 bits per heavy atom. The highest BCUT2D eigenvalue weighted by atomic mass is 35.5. The molecule has 3 aromatic rings. The molecule has 3 heterocycles. The van der Waals surface area contributed by atoms with Crippen LogP contribution in [0.15, 0.2) is 30.5 Å². The molecule has 23 heavy (non-hydrogen) atoms. The number of fused-ring (bicyclic) bond motifs is 1. The fourth-order valence-electron chi connectivity index (χ4n) is 2.95. The van der Waals surface area contributed by atoms with Gasteiger partial charge in [0.1, 0.15) is 10.0 Å². The first kappa shape index (κ1) is 14.7. The SMILES string of the molecule is COc1ncc(Cl)c(N2CCCC2c2nc3ccccc3s2)n1. The third kappa shape index (κ3) is 2.62. The summed E-state index contributed by atoms with van der Waals surface area (Å²) in [5.74, 6) is 0.722. The van der Waals surface area contributed by atoms with E-state index in [9.17, 15) is 0 Å². The molecule has 1 aromatic carbocycles. The minimum absolute atomic E-state index is 0.199. The number of aromatic nitrogens is 3. The van der Waals surface area contributed by atoms with Crippen molar-refractivity contribution in [3.63, 3.8) is 0 Å². The van der Waals surface area contributed by atoms with Gasteiger partial charge in [0.2, 0.25) is 0 Å². The summed E-state index contributed by atoms with van der Waals surface area (Å²) < 4.78 is 6.35. The van der Waals surface area contributed by atoms with Crippen LogP contribution in [-0.4, -0.2) is 28.6 Å². The van der Waals surface area contributed by atoms with Gasteiger partial charge in [-0.25, -0.2) is 9.97 Å². The minimum Gasteiger partial charge on any atom is -0.467 e. The maximum Gasteiger partial charge on any atom is 0.318 e. The van der Waals surface area contributed by atoms with Crippen LogP contribution in [0.1, 0.15) is 23.9 Å². The van der Waals surface area contributed by atoms with Gasteiger partial charge in [-0.15, -0.1) is 11.3 Å². The summed E-state index contributed by atoms with van der Waals surface area (Å²) in [6.45, 7) is 0.903. The van der Waals surface area contributed by atoms with Crippen molar-refractivity contribution in [2.45, 2.75) is 18.9 Å². The second-order valence-corrected chi connectivity index (χ2v) is 6.87. The molecule has 0 spiro atoms. The molecule has 0 saturated carbocycles. The molecule has 0 bridgehead atoms. The summed E-state index contributed by atoms with van der Waals surface area (Å²) in [6.07, 6.45) is 3.72. The minimum atomic E-state index is 0.199. The van der Waals surface area contributed by atoms with Gasteiger partial charge in [0.25, 0.3) is 0 Å². The molecule has 1 aliphatic heterocycles. The number of hydrogen-bond donors (Lipinski definition) is 0. The normalized spacial score (nSPS) is 17.8. The highest BCUT2D eigenvalue weighted by Crippen LogP contribution is 2.40. The summed E-state index contributed by atoms with van der Waals surface area (Å²) in [5, 5.41) is 1.65. The smallest absolute Gasteiger partial charge is 0.318 e. The second kappa shape index (κ2) is 5.94. The maximum atomic E-state index is 6.33. The summed E-state index contributed by atoms with van der Waals surface area (Å²) >= 11 is 8.06. The highest BCUT2D eigenvalue weighted by molar-refractivity contribution is 7.18. The highest BCUT2D eigenvalue weighted by Gasteiger charge is 2.31. The molecule has 2 aromatic heterocycles. The molecule has 4 rings (SSSR count). The van der Waals surface area contributed by atoms with E-state index < -0.39 is 0 Å². The zero-order valence-corrected chi connectivity index (χ0v) is 14.1. The molecule has 0 amide bonds. The monoisotopic (exact) mass is 346 g/mol. The molecule has 1 atom stereocenters. The number of hydrogen-bond acceptors (Lipinski definition) is 6. The van der Waals surface area contributed by atoms with Crippen molar-refractivity contribution >= 4 is 39.0 Å². The van der Waals surface area contributed by atoms with Gasteiger partial charge in [0.05, 0.1) is 29.6 Å². The van der Waals surface area contributed by atoms with Crippen molar-refractivity contribution in [2.75, 3.05) is 18.6 Å². The van der Waals surface area contributed by atoms with Gasteiger partial charge in [0, 0.05) is 6.54 Å². The zero-order chi connectivity index (χ0) is 15.8. The van der Waals surface area contributed by atoms with Crippen LogP contribution >= 0.6 is 22.9 Å². The number of halogens is 1. The largest absolute Gasteiger partial charge is 0.467 e. The fourth-order valence-corrected chi connectivity index (χ4v) is 4.27. The standard InChI is InChI=1S/C16H15ClN4OS/c1-22-16-18-9-10(17)14(20-16)21-8-4-6-12(21)15-19-11-5-2-3-7-13(11)23-15/h2-3,5,7,9,12H,4,6,8H2,1H3. The van der Waals surface area contributed by atoms with E-state index in [1.165, 1.54) is 4.70 Å². The summed E-state index contributed by atoms with van der Waals surface area (Å²) in [6, 6.07) is 8.75. The summed E-state index contributed by atoms with van der Waals surface area (Å²) in [4.78, 5) is 15.5. The average molecular weight is 347 g/mol. The van der Waals surface area contributed by atoms with Crippen molar-refractivity contribution in [1.29, 1.82) is 0 Å². The van der Waals surface area contributed by atoms with E-state index >= 15 is 0 Å². The van der Waals surface area contributed by atoms with E-state index in [-0.39, 0.29) is 6.04 Å². The fraction of sp³-hybridized carbons (Fsp3) is 0.312. The topological polar surface area (TPSA) is 51.1 Å². The molecular formula is C16H15ClN4OS. The molecule has 0 N–H and O–H groups in total. The molecule has 1 saturated heterocycles. The lowest BCUT2D eigenvalue weighted by molar-refractivity contribution is 0.379. The van der Waals surface area contributed by atoms with Gasteiger partial charge in [0.15, 0.2) is 5.82 Å². The number of ether oxygens (including phenoxy) is 1. The van der Waals surface area contributed by atoms with Crippen molar-refractivity contribution in [1.82, 2.24) is 15.0 Å². The number of para-hydroxylation sites is 1. The Bertz CT molecular complexity index is 820. The van der Waals surface area contributed by atoms with Crippen molar-refractivity contribution in [2.24, 2.45) is 0 Å². The quantitative estimate of drug-likeness (QED) is 0.715. The number of anilines is 1. The molecule has 118 valence electrons. The molecule has 0 radical (unpaired) electrons. The van der Waals surface area contributed by atoms with E-state index in [2.05, 4.69) is 27.0 Å². The Balaban J connectivity index is 1.74. The van der Waals surface area contributed by atoms with Crippen molar-refractivity contribution < 1.29 is 4.74 Å². The van der Waals surface area contributed by atoms with Crippen LogP contribution in [0.5, 0.6) is 6.01 Å². The number of benzene rings is 1. The Labute approximate surface area is 142 Å². The number of nitrogens with zero attached hydrogens (tertiary/aromatic N) is 4. The Morgan fingerprint density at radius 2 is 2.17 bits per heavy atom. The lowest BCUT2D eigenvalue weighted by atomic mass is 10.2. The van der Waals surface area contributed by atoms with Gasteiger partial charge in [-0.2, -0.15) is 4.98 Å². The Hall–Kier alpha value is -1.92. The first-order chi connectivity index (χ1) is 11.3. The first-order valence-electron chi connectivity index (χ1n) is 7.45. The average Bonchev–Trinajstić information content (AvgIpc) is 3.21. The third-order valence-corrected chi connectivity index (χ3v) is 5.41. The molecule has 1 aliphatic rings. The van der Waals surface area contributed by atoms with E-state index in [0.717, 1.165) is 35.7 Å². The summed E-state index contributed by atoms with van der Waals surface area (Å²) in [5.41, 5.74) is 1.05. The maximum absolute atomic E-state index is 6.33.